The molecule has 0 radical (unpaired) electrons. The van der Waals surface area contributed by atoms with Gasteiger partial charge in [-0.25, -0.2) is 0 Å². The predicted molar refractivity (Wildman–Crippen MR) is 52.8 cm³/mol. The van der Waals surface area contributed by atoms with Crippen molar-refractivity contribution in [2.24, 2.45) is 5.92 Å². The van der Waals surface area contributed by atoms with Gasteiger partial charge in [0, 0.05) is 12.3 Å². The summed E-state index contributed by atoms with van der Waals surface area (Å²) >= 11 is 0. The van der Waals surface area contributed by atoms with E-state index in [0.29, 0.717) is 6.42 Å². The molecule has 1 fully saturated rings. The maximum Gasteiger partial charge on any atom is 0.307 e. The number of carbonyl (C=O) groups is 2. The van der Waals surface area contributed by atoms with Gasteiger partial charge in [-0.05, 0) is 33.6 Å². The van der Waals surface area contributed by atoms with Gasteiger partial charge in [-0.15, -0.1) is 0 Å². The molecule has 1 atom stereocenters. The Morgan fingerprint density at radius 1 is 1.50 bits per heavy atom. The Balaban J connectivity index is 2.37. The lowest BCUT2D eigenvalue weighted by atomic mass is 10.0. The van der Waals surface area contributed by atoms with Crippen LogP contribution < -0.4 is 0 Å². The molecular weight excluding hydrogens is 180 g/mol. The van der Waals surface area contributed by atoms with E-state index < -0.39 is 5.60 Å². The molecular formula is C11H18O3. The van der Waals surface area contributed by atoms with E-state index in [-0.39, 0.29) is 24.1 Å². The number of rotatable bonds is 2. The van der Waals surface area contributed by atoms with Gasteiger partial charge in [0.2, 0.25) is 0 Å². The zero-order valence-corrected chi connectivity index (χ0v) is 9.13. The van der Waals surface area contributed by atoms with Crippen LogP contribution in [0.5, 0.6) is 0 Å². The monoisotopic (exact) mass is 198 g/mol. The summed E-state index contributed by atoms with van der Waals surface area (Å²) in [5, 5.41) is 0. The zero-order valence-electron chi connectivity index (χ0n) is 9.13. The van der Waals surface area contributed by atoms with E-state index in [1.807, 2.05) is 20.8 Å². The lowest BCUT2D eigenvalue weighted by Crippen LogP contribution is -2.26. The molecule has 1 saturated carbocycles. The van der Waals surface area contributed by atoms with E-state index in [2.05, 4.69) is 0 Å². The Morgan fingerprint density at radius 3 is 2.57 bits per heavy atom. The van der Waals surface area contributed by atoms with Gasteiger partial charge in [0.15, 0.2) is 0 Å². The minimum absolute atomic E-state index is 0.0788. The summed E-state index contributed by atoms with van der Waals surface area (Å²) in [7, 11) is 0. The van der Waals surface area contributed by atoms with E-state index in [9.17, 15) is 9.59 Å². The zero-order chi connectivity index (χ0) is 10.8. The van der Waals surface area contributed by atoms with E-state index >= 15 is 0 Å². The average Bonchev–Trinajstić information content (AvgIpc) is 2.32. The van der Waals surface area contributed by atoms with E-state index in [4.69, 9.17) is 4.74 Å². The number of ketones is 1. The second-order valence-electron chi connectivity index (χ2n) is 4.85. The fourth-order valence-corrected chi connectivity index (χ4v) is 1.69. The Kier molecular flexibility index (Phi) is 3.29. The summed E-state index contributed by atoms with van der Waals surface area (Å²) in [6.07, 6.45) is 2.66. The molecule has 0 aromatic heterocycles. The first kappa shape index (κ1) is 11.2. The van der Waals surface area contributed by atoms with Crippen molar-refractivity contribution >= 4 is 11.8 Å². The number of carbonyl (C=O) groups excluding carboxylic acids is 2. The Bertz CT molecular complexity index is 237. The first-order valence-electron chi connectivity index (χ1n) is 5.13. The van der Waals surface area contributed by atoms with Gasteiger partial charge < -0.3 is 4.74 Å². The van der Waals surface area contributed by atoms with Crippen LogP contribution in [0.25, 0.3) is 0 Å². The van der Waals surface area contributed by atoms with Crippen LogP contribution in [0.4, 0.5) is 0 Å². The molecule has 0 bridgehead atoms. The standard InChI is InChI=1S/C11H18O3/c1-11(2,3)14-10(13)7-8-5-4-6-9(8)12/h8H,4-7H2,1-3H3/t8-/m0/s1. The SMILES string of the molecule is CC(C)(C)OC(=O)C[C@@H]1CCCC1=O. The summed E-state index contributed by atoms with van der Waals surface area (Å²) in [6.45, 7) is 5.50. The first-order chi connectivity index (χ1) is 6.38. The quantitative estimate of drug-likeness (QED) is 0.638. The molecule has 0 aromatic carbocycles. The highest BCUT2D eigenvalue weighted by atomic mass is 16.6. The van der Waals surface area contributed by atoms with Crippen molar-refractivity contribution in [3.8, 4) is 0 Å². The van der Waals surface area contributed by atoms with Crippen molar-refractivity contribution < 1.29 is 14.3 Å². The topological polar surface area (TPSA) is 43.4 Å². The fourth-order valence-electron chi connectivity index (χ4n) is 1.69. The van der Waals surface area contributed by atoms with Crippen LogP contribution in [0.2, 0.25) is 0 Å². The molecule has 0 aliphatic heterocycles. The van der Waals surface area contributed by atoms with Crippen LogP contribution in [0.3, 0.4) is 0 Å². The number of Topliss-reactive ketones (excluding diaryl/α,β-unsaturated/α-hetero) is 1. The Hall–Kier alpha value is -0.860. The maximum atomic E-state index is 11.4. The molecule has 3 heteroatoms. The van der Waals surface area contributed by atoms with E-state index in [0.717, 1.165) is 12.8 Å². The van der Waals surface area contributed by atoms with Gasteiger partial charge in [-0.1, -0.05) is 0 Å². The highest BCUT2D eigenvalue weighted by molar-refractivity contribution is 5.86. The summed E-state index contributed by atoms with van der Waals surface area (Å²) in [6, 6.07) is 0. The third-order valence-electron chi connectivity index (χ3n) is 2.26. The fraction of sp³-hybridized carbons (Fsp3) is 0.818. The summed E-state index contributed by atoms with van der Waals surface area (Å²) in [5.41, 5.74) is -0.446. The van der Waals surface area contributed by atoms with Gasteiger partial charge in [-0.3, -0.25) is 9.59 Å². The molecule has 14 heavy (non-hydrogen) atoms. The van der Waals surface area contributed by atoms with Crippen LogP contribution in [-0.4, -0.2) is 17.4 Å². The molecule has 0 spiro atoms. The number of esters is 1. The van der Waals surface area contributed by atoms with Crippen molar-refractivity contribution in [3.05, 3.63) is 0 Å². The number of ether oxygens (including phenoxy) is 1. The summed E-state index contributed by atoms with van der Waals surface area (Å²) in [4.78, 5) is 22.7. The van der Waals surface area contributed by atoms with Crippen molar-refractivity contribution in [3.63, 3.8) is 0 Å². The molecule has 0 heterocycles. The van der Waals surface area contributed by atoms with Crippen LogP contribution in [-0.2, 0) is 14.3 Å². The number of hydrogen-bond acceptors (Lipinski definition) is 3. The number of hydrogen-bond donors (Lipinski definition) is 0. The highest BCUT2D eigenvalue weighted by Crippen LogP contribution is 2.25. The van der Waals surface area contributed by atoms with Crippen LogP contribution >= 0.6 is 0 Å². The third kappa shape index (κ3) is 3.48. The Morgan fingerprint density at radius 2 is 2.14 bits per heavy atom. The molecule has 1 aliphatic carbocycles. The van der Waals surface area contributed by atoms with Gasteiger partial charge in [0.25, 0.3) is 0 Å². The summed E-state index contributed by atoms with van der Waals surface area (Å²) in [5.74, 6) is -0.113. The van der Waals surface area contributed by atoms with Crippen molar-refractivity contribution in [2.45, 2.75) is 52.1 Å². The minimum atomic E-state index is -0.446. The van der Waals surface area contributed by atoms with Gasteiger partial charge in [0.1, 0.15) is 11.4 Å². The lowest BCUT2D eigenvalue weighted by Gasteiger charge is -2.20. The normalized spacial score (nSPS) is 22.5. The van der Waals surface area contributed by atoms with Gasteiger partial charge in [0.05, 0.1) is 6.42 Å². The Labute approximate surface area is 84.8 Å². The van der Waals surface area contributed by atoms with Crippen LogP contribution in [0, 0.1) is 5.92 Å². The summed E-state index contributed by atoms with van der Waals surface area (Å²) < 4.78 is 5.16. The first-order valence-corrected chi connectivity index (χ1v) is 5.13. The molecule has 0 saturated heterocycles. The molecule has 0 N–H and O–H groups in total. The average molecular weight is 198 g/mol. The smallest absolute Gasteiger partial charge is 0.307 e. The van der Waals surface area contributed by atoms with Gasteiger partial charge >= 0.3 is 5.97 Å². The molecule has 0 unspecified atom stereocenters. The highest BCUT2D eigenvalue weighted by Gasteiger charge is 2.28. The molecule has 0 aromatic rings. The van der Waals surface area contributed by atoms with Crippen molar-refractivity contribution in [2.75, 3.05) is 0 Å². The molecule has 1 rings (SSSR count). The molecule has 80 valence electrons. The second kappa shape index (κ2) is 4.11. The van der Waals surface area contributed by atoms with Gasteiger partial charge in [-0.2, -0.15) is 0 Å². The molecule has 1 aliphatic rings. The van der Waals surface area contributed by atoms with Crippen LogP contribution in [0.15, 0.2) is 0 Å². The minimum Gasteiger partial charge on any atom is -0.460 e. The largest absolute Gasteiger partial charge is 0.460 e. The van der Waals surface area contributed by atoms with E-state index in [1.165, 1.54) is 0 Å². The van der Waals surface area contributed by atoms with Crippen LogP contribution in [0.1, 0.15) is 46.5 Å². The molecule has 0 amide bonds. The van der Waals surface area contributed by atoms with E-state index in [1.54, 1.807) is 0 Å². The molecule has 3 nitrogen and oxygen atoms in total. The second-order valence-corrected chi connectivity index (χ2v) is 4.85. The predicted octanol–water partition coefficient (Wildman–Crippen LogP) is 2.09. The third-order valence-corrected chi connectivity index (χ3v) is 2.26. The lowest BCUT2D eigenvalue weighted by molar-refractivity contribution is -0.156. The maximum absolute atomic E-state index is 11.4. The van der Waals surface area contributed by atoms with Crippen molar-refractivity contribution in [1.29, 1.82) is 0 Å². The van der Waals surface area contributed by atoms with Crippen molar-refractivity contribution in [1.82, 2.24) is 0 Å².